The highest BCUT2D eigenvalue weighted by molar-refractivity contribution is 5.81. The van der Waals surface area contributed by atoms with E-state index < -0.39 is 0 Å². The van der Waals surface area contributed by atoms with Crippen LogP contribution in [0.2, 0.25) is 0 Å². The van der Waals surface area contributed by atoms with Crippen molar-refractivity contribution in [3.05, 3.63) is 35.9 Å². The van der Waals surface area contributed by atoms with Crippen LogP contribution in [0.5, 0.6) is 0 Å². The summed E-state index contributed by atoms with van der Waals surface area (Å²) in [5.41, 5.74) is 1.37. The maximum atomic E-state index is 11.9. The molecular weight excluding hydrogens is 224 g/mol. The monoisotopic (exact) mass is 244 g/mol. The first-order chi connectivity index (χ1) is 8.74. The number of hydrogen-bond acceptors (Lipinski definition) is 2. The summed E-state index contributed by atoms with van der Waals surface area (Å²) in [6.07, 6.45) is 1.03. The van der Waals surface area contributed by atoms with Crippen LogP contribution in [0.15, 0.2) is 30.3 Å². The van der Waals surface area contributed by atoms with E-state index in [9.17, 15) is 4.79 Å². The minimum atomic E-state index is 0.294. The van der Waals surface area contributed by atoms with Crippen molar-refractivity contribution in [3.63, 3.8) is 0 Å². The lowest BCUT2D eigenvalue weighted by Gasteiger charge is -2.33. The number of hydrogen-bond donors (Lipinski definition) is 0. The SMILES string of the molecule is CN1C[C@@H]2CN(Cc3ccccc3)CC[C@@H]2C1=O. The molecule has 0 aliphatic carbocycles. The molecule has 3 heteroatoms. The predicted molar refractivity (Wildman–Crippen MR) is 71.0 cm³/mol. The van der Waals surface area contributed by atoms with Crippen molar-refractivity contribution in [1.82, 2.24) is 9.80 Å². The predicted octanol–water partition coefficient (Wildman–Crippen LogP) is 1.60. The molecule has 2 fully saturated rings. The Balaban J connectivity index is 1.63. The Kier molecular flexibility index (Phi) is 3.08. The number of nitrogens with zero attached hydrogens (tertiary/aromatic N) is 2. The second kappa shape index (κ2) is 4.73. The van der Waals surface area contributed by atoms with E-state index in [0.717, 1.165) is 32.6 Å². The van der Waals surface area contributed by atoms with Gasteiger partial charge in [0.25, 0.3) is 0 Å². The maximum Gasteiger partial charge on any atom is 0.225 e. The molecule has 0 spiro atoms. The molecule has 0 radical (unpaired) electrons. The molecule has 2 atom stereocenters. The highest BCUT2D eigenvalue weighted by Crippen LogP contribution is 2.31. The summed E-state index contributed by atoms with van der Waals surface area (Å²) in [6.45, 7) is 4.07. The number of amides is 1. The molecule has 2 aliphatic heterocycles. The van der Waals surface area contributed by atoms with Gasteiger partial charge in [-0.1, -0.05) is 30.3 Å². The second-order valence-corrected chi connectivity index (χ2v) is 5.59. The minimum absolute atomic E-state index is 0.294. The van der Waals surface area contributed by atoms with Gasteiger partial charge in [-0.2, -0.15) is 0 Å². The van der Waals surface area contributed by atoms with Crippen LogP contribution in [-0.2, 0) is 11.3 Å². The van der Waals surface area contributed by atoms with Crippen molar-refractivity contribution >= 4 is 5.91 Å². The number of likely N-dealkylation sites (tertiary alicyclic amines) is 2. The lowest BCUT2D eigenvalue weighted by atomic mass is 9.88. The molecule has 1 amide bonds. The lowest BCUT2D eigenvalue weighted by Crippen LogP contribution is -2.40. The quantitative estimate of drug-likeness (QED) is 0.789. The van der Waals surface area contributed by atoms with Gasteiger partial charge >= 0.3 is 0 Å². The Morgan fingerprint density at radius 1 is 1.22 bits per heavy atom. The summed E-state index contributed by atoms with van der Waals surface area (Å²) < 4.78 is 0. The smallest absolute Gasteiger partial charge is 0.225 e. The van der Waals surface area contributed by atoms with Crippen LogP contribution in [0.25, 0.3) is 0 Å². The van der Waals surface area contributed by atoms with Gasteiger partial charge in [0, 0.05) is 38.5 Å². The largest absolute Gasteiger partial charge is 0.345 e. The Labute approximate surface area is 108 Å². The van der Waals surface area contributed by atoms with Gasteiger partial charge in [0.05, 0.1) is 0 Å². The van der Waals surface area contributed by atoms with Gasteiger partial charge in [0.15, 0.2) is 0 Å². The van der Waals surface area contributed by atoms with E-state index in [4.69, 9.17) is 0 Å². The third-order valence-corrected chi connectivity index (χ3v) is 4.27. The van der Waals surface area contributed by atoms with Gasteiger partial charge in [-0.3, -0.25) is 9.69 Å². The summed E-state index contributed by atoms with van der Waals surface area (Å²) in [5, 5.41) is 0. The highest BCUT2D eigenvalue weighted by atomic mass is 16.2. The van der Waals surface area contributed by atoms with E-state index in [2.05, 4.69) is 35.2 Å². The molecule has 0 saturated carbocycles. The van der Waals surface area contributed by atoms with Crippen LogP contribution in [-0.4, -0.2) is 42.4 Å². The molecule has 96 valence electrons. The molecule has 2 saturated heterocycles. The summed E-state index contributed by atoms with van der Waals surface area (Å²) in [4.78, 5) is 16.3. The molecule has 1 aromatic rings. The van der Waals surface area contributed by atoms with Gasteiger partial charge in [-0.05, 0) is 18.5 Å². The Morgan fingerprint density at radius 2 is 2.00 bits per heavy atom. The fraction of sp³-hybridized carbons (Fsp3) is 0.533. The van der Waals surface area contributed by atoms with E-state index in [1.54, 1.807) is 0 Å². The molecule has 2 aliphatic rings. The van der Waals surface area contributed by atoms with Crippen molar-refractivity contribution in [2.75, 3.05) is 26.7 Å². The van der Waals surface area contributed by atoms with Crippen molar-refractivity contribution < 1.29 is 4.79 Å². The van der Waals surface area contributed by atoms with Crippen LogP contribution < -0.4 is 0 Å². The van der Waals surface area contributed by atoms with E-state index >= 15 is 0 Å². The number of carbonyl (C=O) groups is 1. The lowest BCUT2D eigenvalue weighted by molar-refractivity contribution is -0.130. The average Bonchev–Trinajstić information content (AvgIpc) is 2.66. The summed E-state index contributed by atoms with van der Waals surface area (Å²) in [7, 11) is 1.93. The standard InChI is InChI=1S/C15H20N2O/c1-16-10-13-11-17(8-7-14(13)15(16)18)9-12-5-3-2-4-6-12/h2-6,13-14H,7-11H2,1H3/t13-,14+/m1/s1. The maximum absolute atomic E-state index is 11.9. The zero-order valence-corrected chi connectivity index (χ0v) is 10.9. The van der Waals surface area contributed by atoms with Gasteiger partial charge < -0.3 is 4.90 Å². The van der Waals surface area contributed by atoms with E-state index in [1.165, 1.54) is 5.56 Å². The van der Waals surface area contributed by atoms with E-state index in [1.807, 2.05) is 11.9 Å². The van der Waals surface area contributed by atoms with Crippen molar-refractivity contribution in [3.8, 4) is 0 Å². The average molecular weight is 244 g/mol. The van der Waals surface area contributed by atoms with Gasteiger partial charge in [-0.15, -0.1) is 0 Å². The first-order valence-electron chi connectivity index (χ1n) is 6.75. The fourth-order valence-corrected chi connectivity index (χ4v) is 3.33. The molecule has 3 rings (SSSR count). The Morgan fingerprint density at radius 3 is 2.78 bits per heavy atom. The zero-order valence-electron chi connectivity index (χ0n) is 10.9. The minimum Gasteiger partial charge on any atom is -0.345 e. The first-order valence-corrected chi connectivity index (χ1v) is 6.75. The van der Waals surface area contributed by atoms with E-state index in [-0.39, 0.29) is 0 Å². The van der Waals surface area contributed by atoms with Gasteiger partial charge in [0.2, 0.25) is 5.91 Å². The molecule has 0 aromatic heterocycles. The van der Waals surface area contributed by atoms with Crippen LogP contribution >= 0.6 is 0 Å². The van der Waals surface area contributed by atoms with Gasteiger partial charge in [-0.25, -0.2) is 0 Å². The number of carbonyl (C=O) groups excluding carboxylic acids is 1. The Hall–Kier alpha value is -1.35. The van der Waals surface area contributed by atoms with E-state index in [0.29, 0.717) is 17.7 Å². The molecule has 0 unspecified atom stereocenters. The molecule has 3 nitrogen and oxygen atoms in total. The van der Waals surface area contributed by atoms with Crippen LogP contribution in [0, 0.1) is 11.8 Å². The third-order valence-electron chi connectivity index (χ3n) is 4.27. The number of benzene rings is 1. The third kappa shape index (κ3) is 2.15. The Bertz CT molecular complexity index is 431. The van der Waals surface area contributed by atoms with Crippen LogP contribution in [0.4, 0.5) is 0 Å². The molecule has 0 bridgehead atoms. The number of piperidine rings is 1. The highest BCUT2D eigenvalue weighted by Gasteiger charge is 2.41. The normalized spacial score (nSPS) is 28.5. The zero-order chi connectivity index (χ0) is 12.5. The van der Waals surface area contributed by atoms with Crippen LogP contribution in [0.1, 0.15) is 12.0 Å². The van der Waals surface area contributed by atoms with Gasteiger partial charge in [0.1, 0.15) is 0 Å². The number of rotatable bonds is 2. The van der Waals surface area contributed by atoms with Crippen molar-refractivity contribution in [2.45, 2.75) is 13.0 Å². The summed E-state index contributed by atoms with van der Waals surface area (Å²) in [6, 6.07) is 10.6. The molecular formula is C15H20N2O. The summed E-state index contributed by atoms with van der Waals surface area (Å²) in [5.74, 6) is 1.20. The topological polar surface area (TPSA) is 23.6 Å². The van der Waals surface area contributed by atoms with Crippen molar-refractivity contribution in [2.24, 2.45) is 11.8 Å². The molecule has 1 aromatic carbocycles. The molecule has 0 N–H and O–H groups in total. The van der Waals surface area contributed by atoms with Crippen molar-refractivity contribution in [1.29, 1.82) is 0 Å². The number of fused-ring (bicyclic) bond motifs is 1. The second-order valence-electron chi connectivity index (χ2n) is 5.59. The molecule has 2 heterocycles. The summed E-state index contributed by atoms with van der Waals surface area (Å²) >= 11 is 0. The molecule has 18 heavy (non-hydrogen) atoms. The van der Waals surface area contributed by atoms with Crippen LogP contribution in [0.3, 0.4) is 0 Å². The fourth-order valence-electron chi connectivity index (χ4n) is 3.33. The first kappa shape index (κ1) is 11.7.